The van der Waals surface area contributed by atoms with Gasteiger partial charge in [0.1, 0.15) is 5.01 Å². The van der Waals surface area contributed by atoms with Crippen molar-refractivity contribution in [3.8, 4) is 0 Å². The Bertz CT molecular complexity index is 932. The standard InChI is InChI=1S/C20H20N2O2S2/c1-26(24)15-11-9-14(10-12-15)20(23)22-13-5-4-7-17(22)19-21-16-6-2-3-8-18(16)25-19/h2-3,6,8-12,17H,4-5,7,13H2,1H3/t17-,26-/m1/s1. The molecule has 2 heterocycles. The molecule has 6 heteroatoms. The van der Waals surface area contributed by atoms with Crippen molar-refractivity contribution in [2.45, 2.75) is 30.2 Å². The zero-order chi connectivity index (χ0) is 18.1. The molecule has 1 fully saturated rings. The maximum absolute atomic E-state index is 13.1. The van der Waals surface area contributed by atoms with Gasteiger partial charge in [0.2, 0.25) is 0 Å². The molecular formula is C20H20N2O2S2. The van der Waals surface area contributed by atoms with E-state index in [1.807, 2.05) is 23.1 Å². The van der Waals surface area contributed by atoms with E-state index in [-0.39, 0.29) is 11.9 Å². The Hall–Kier alpha value is -2.05. The molecule has 4 rings (SSSR count). The van der Waals surface area contributed by atoms with Crippen molar-refractivity contribution in [3.63, 3.8) is 0 Å². The zero-order valence-corrected chi connectivity index (χ0v) is 16.2. The minimum absolute atomic E-state index is 0.0300. The number of amides is 1. The lowest BCUT2D eigenvalue weighted by Gasteiger charge is -2.34. The minimum atomic E-state index is -1.03. The molecule has 1 amide bonds. The highest BCUT2D eigenvalue weighted by Gasteiger charge is 2.30. The highest BCUT2D eigenvalue weighted by molar-refractivity contribution is 7.84. The van der Waals surface area contributed by atoms with Crippen molar-refractivity contribution in [2.75, 3.05) is 12.8 Å². The predicted molar refractivity (Wildman–Crippen MR) is 106 cm³/mol. The normalized spacial score (nSPS) is 18.8. The summed E-state index contributed by atoms with van der Waals surface area (Å²) in [7, 11) is -1.03. The summed E-state index contributed by atoms with van der Waals surface area (Å²) in [6.45, 7) is 0.751. The lowest BCUT2D eigenvalue weighted by molar-refractivity contribution is 0.0611. The number of carbonyl (C=O) groups is 1. The van der Waals surface area contributed by atoms with Gasteiger partial charge in [0.05, 0.1) is 16.3 Å². The molecule has 4 nitrogen and oxygen atoms in total. The molecule has 0 aliphatic carbocycles. The van der Waals surface area contributed by atoms with Crippen LogP contribution in [0, 0.1) is 0 Å². The van der Waals surface area contributed by atoms with E-state index < -0.39 is 10.8 Å². The molecule has 0 spiro atoms. The van der Waals surface area contributed by atoms with Crippen LogP contribution in [0.1, 0.15) is 40.7 Å². The summed E-state index contributed by atoms with van der Waals surface area (Å²) in [6, 6.07) is 15.3. The van der Waals surface area contributed by atoms with Crippen LogP contribution in [0.15, 0.2) is 53.4 Å². The first-order valence-electron chi connectivity index (χ1n) is 8.73. The van der Waals surface area contributed by atoms with Crippen molar-refractivity contribution < 1.29 is 9.00 Å². The largest absolute Gasteiger partial charge is 0.329 e. The minimum Gasteiger partial charge on any atom is -0.329 e. The summed E-state index contributed by atoms with van der Waals surface area (Å²) in [5.41, 5.74) is 1.65. The van der Waals surface area contributed by atoms with Crippen LogP contribution in [0.5, 0.6) is 0 Å². The predicted octanol–water partition coefficient (Wildman–Crippen LogP) is 4.40. The molecule has 1 aliphatic rings. The fourth-order valence-electron chi connectivity index (χ4n) is 3.42. The first-order chi connectivity index (χ1) is 12.6. The summed E-state index contributed by atoms with van der Waals surface area (Å²) in [5, 5.41) is 1.02. The molecule has 134 valence electrons. The summed E-state index contributed by atoms with van der Waals surface area (Å²) in [5.74, 6) is 0.0300. The Kier molecular flexibility index (Phi) is 4.87. The average Bonchev–Trinajstić information content (AvgIpc) is 3.11. The van der Waals surface area contributed by atoms with E-state index in [2.05, 4.69) is 6.07 Å². The summed E-state index contributed by atoms with van der Waals surface area (Å²) >= 11 is 1.68. The molecular weight excluding hydrogens is 364 g/mol. The van der Waals surface area contributed by atoms with Gasteiger partial charge in [-0.05, 0) is 55.7 Å². The van der Waals surface area contributed by atoms with E-state index in [0.717, 1.165) is 45.9 Å². The number of aromatic nitrogens is 1. The maximum atomic E-state index is 13.1. The number of hydrogen-bond donors (Lipinski definition) is 0. The molecule has 0 unspecified atom stereocenters. The molecule has 1 aliphatic heterocycles. The van der Waals surface area contributed by atoms with Gasteiger partial charge in [0.25, 0.3) is 5.91 Å². The maximum Gasteiger partial charge on any atom is 0.254 e. The van der Waals surface area contributed by atoms with Gasteiger partial charge in [-0.3, -0.25) is 9.00 Å². The molecule has 2 atom stereocenters. The van der Waals surface area contributed by atoms with Gasteiger partial charge in [0.15, 0.2) is 0 Å². The zero-order valence-electron chi connectivity index (χ0n) is 14.6. The van der Waals surface area contributed by atoms with Gasteiger partial charge in [-0.15, -0.1) is 11.3 Å². The first-order valence-corrected chi connectivity index (χ1v) is 11.1. The Labute approximate surface area is 159 Å². The second-order valence-corrected chi connectivity index (χ2v) is 8.95. The molecule has 0 radical (unpaired) electrons. The first kappa shape index (κ1) is 17.4. The van der Waals surface area contributed by atoms with Crippen molar-refractivity contribution in [2.24, 2.45) is 0 Å². The number of rotatable bonds is 3. The SMILES string of the molecule is C[S@@](=O)c1ccc(C(=O)N2CCCC[C@@H]2c2nc3ccccc3s2)cc1. The second-order valence-electron chi connectivity index (χ2n) is 6.51. The lowest BCUT2D eigenvalue weighted by atomic mass is 10.0. The number of piperidine rings is 1. The van der Waals surface area contributed by atoms with Crippen molar-refractivity contribution in [3.05, 3.63) is 59.1 Å². The number of benzene rings is 2. The van der Waals surface area contributed by atoms with Crippen LogP contribution < -0.4 is 0 Å². The van der Waals surface area contributed by atoms with Gasteiger partial charge in [-0.25, -0.2) is 4.98 Å². The third-order valence-electron chi connectivity index (χ3n) is 4.79. The number of likely N-dealkylation sites (tertiary alicyclic amines) is 1. The molecule has 0 bridgehead atoms. The Morgan fingerprint density at radius 1 is 1.15 bits per heavy atom. The van der Waals surface area contributed by atoms with Crippen molar-refractivity contribution in [1.82, 2.24) is 9.88 Å². The van der Waals surface area contributed by atoms with Crippen molar-refractivity contribution >= 4 is 38.3 Å². The van der Waals surface area contributed by atoms with E-state index in [1.165, 1.54) is 0 Å². The number of nitrogens with zero attached hydrogens (tertiary/aromatic N) is 2. The summed E-state index contributed by atoms with van der Waals surface area (Å²) in [4.78, 5) is 20.6. The monoisotopic (exact) mass is 384 g/mol. The number of para-hydroxylation sites is 1. The smallest absolute Gasteiger partial charge is 0.254 e. The van der Waals surface area contributed by atoms with Crippen LogP contribution in [0.4, 0.5) is 0 Å². The van der Waals surface area contributed by atoms with Crippen LogP contribution in [-0.2, 0) is 10.8 Å². The Balaban J connectivity index is 1.64. The Morgan fingerprint density at radius 3 is 2.65 bits per heavy atom. The summed E-state index contributed by atoms with van der Waals surface area (Å²) < 4.78 is 12.7. The van der Waals surface area contributed by atoms with Gasteiger partial charge in [0, 0.05) is 34.1 Å². The molecule has 26 heavy (non-hydrogen) atoms. The highest BCUT2D eigenvalue weighted by Crippen LogP contribution is 2.36. The number of fused-ring (bicyclic) bond motifs is 1. The van der Waals surface area contributed by atoms with Gasteiger partial charge in [-0.2, -0.15) is 0 Å². The van der Waals surface area contributed by atoms with Gasteiger partial charge in [-0.1, -0.05) is 12.1 Å². The number of thiazole rings is 1. The molecule has 3 aromatic rings. The third kappa shape index (κ3) is 3.31. The summed E-state index contributed by atoms with van der Waals surface area (Å²) in [6.07, 6.45) is 4.72. The van der Waals surface area contributed by atoms with Crippen LogP contribution in [-0.4, -0.2) is 32.8 Å². The fraction of sp³-hybridized carbons (Fsp3) is 0.300. The van der Waals surface area contributed by atoms with Gasteiger partial charge >= 0.3 is 0 Å². The molecule has 0 saturated carbocycles. The van der Waals surface area contributed by atoms with E-state index in [0.29, 0.717) is 5.56 Å². The van der Waals surface area contributed by atoms with Crippen LogP contribution in [0.2, 0.25) is 0 Å². The quantitative estimate of drug-likeness (QED) is 0.672. The molecule has 0 N–H and O–H groups in total. The number of hydrogen-bond acceptors (Lipinski definition) is 4. The third-order valence-corrected chi connectivity index (χ3v) is 6.87. The van der Waals surface area contributed by atoms with Crippen molar-refractivity contribution in [1.29, 1.82) is 0 Å². The highest BCUT2D eigenvalue weighted by atomic mass is 32.2. The van der Waals surface area contributed by atoms with Gasteiger partial charge < -0.3 is 4.90 Å². The average molecular weight is 385 g/mol. The number of carbonyl (C=O) groups excluding carboxylic acids is 1. The second kappa shape index (κ2) is 7.29. The van der Waals surface area contributed by atoms with Crippen LogP contribution in [0.25, 0.3) is 10.2 Å². The van der Waals surface area contributed by atoms with E-state index in [1.54, 1.807) is 41.9 Å². The van der Waals surface area contributed by atoms with E-state index >= 15 is 0 Å². The van der Waals surface area contributed by atoms with E-state index in [4.69, 9.17) is 4.98 Å². The fourth-order valence-corrected chi connectivity index (χ4v) is 5.05. The molecule has 2 aromatic carbocycles. The van der Waals surface area contributed by atoms with Crippen LogP contribution in [0.3, 0.4) is 0 Å². The molecule has 1 saturated heterocycles. The van der Waals surface area contributed by atoms with Crippen LogP contribution >= 0.6 is 11.3 Å². The topological polar surface area (TPSA) is 50.3 Å². The lowest BCUT2D eigenvalue weighted by Crippen LogP contribution is -2.38. The van der Waals surface area contributed by atoms with E-state index in [9.17, 15) is 9.00 Å². The molecule has 1 aromatic heterocycles. The Morgan fingerprint density at radius 2 is 1.92 bits per heavy atom.